The summed E-state index contributed by atoms with van der Waals surface area (Å²) >= 11 is 0. The standard InChI is InChI=1S/C11H9F2N3O3/c1-19-7-4-2-3-6(5-7)8-9(10(12)13)14-15-11(8)16(17)18/h2-5,10H,1H3,(H,14,15). The predicted octanol–water partition coefficient (Wildman–Crippen LogP) is 2.93. The van der Waals surface area contributed by atoms with Crippen LogP contribution >= 0.6 is 0 Å². The maximum absolute atomic E-state index is 12.8. The van der Waals surface area contributed by atoms with Crippen molar-refractivity contribution in [2.45, 2.75) is 6.43 Å². The summed E-state index contributed by atoms with van der Waals surface area (Å²) in [5, 5.41) is 16.2. The van der Waals surface area contributed by atoms with Gasteiger partial charge in [-0.15, -0.1) is 5.10 Å². The van der Waals surface area contributed by atoms with Crippen molar-refractivity contribution in [1.29, 1.82) is 0 Å². The minimum Gasteiger partial charge on any atom is -0.497 e. The molecule has 0 fully saturated rings. The molecule has 0 saturated carbocycles. The van der Waals surface area contributed by atoms with Gasteiger partial charge < -0.3 is 14.9 Å². The van der Waals surface area contributed by atoms with Gasteiger partial charge in [-0.1, -0.05) is 17.2 Å². The number of rotatable bonds is 4. The Bertz CT molecular complexity index is 613. The highest BCUT2D eigenvalue weighted by molar-refractivity contribution is 5.75. The number of ether oxygens (including phenoxy) is 1. The molecule has 0 unspecified atom stereocenters. The molecule has 0 atom stereocenters. The number of halogens is 2. The van der Waals surface area contributed by atoms with Gasteiger partial charge in [-0.05, 0) is 22.6 Å². The molecule has 19 heavy (non-hydrogen) atoms. The SMILES string of the molecule is COc1cccc(-c2c(C(F)F)n[nH]c2[N+](=O)[O-])c1. The van der Waals surface area contributed by atoms with Crippen molar-refractivity contribution in [2.24, 2.45) is 0 Å². The number of hydrogen-bond acceptors (Lipinski definition) is 4. The molecular weight excluding hydrogens is 260 g/mol. The topological polar surface area (TPSA) is 81.0 Å². The van der Waals surface area contributed by atoms with Crippen LogP contribution in [0.15, 0.2) is 24.3 Å². The molecule has 0 bridgehead atoms. The van der Waals surface area contributed by atoms with E-state index in [1.54, 1.807) is 12.1 Å². The van der Waals surface area contributed by atoms with E-state index < -0.39 is 22.9 Å². The maximum atomic E-state index is 12.8. The Kier molecular flexibility index (Phi) is 3.41. The van der Waals surface area contributed by atoms with Crippen LogP contribution < -0.4 is 4.74 Å². The molecule has 1 aromatic heterocycles. The average molecular weight is 269 g/mol. The largest absolute Gasteiger partial charge is 0.497 e. The molecule has 0 radical (unpaired) electrons. The van der Waals surface area contributed by atoms with E-state index in [-0.39, 0.29) is 11.1 Å². The zero-order valence-electron chi connectivity index (χ0n) is 9.76. The third-order valence-electron chi connectivity index (χ3n) is 2.52. The first-order valence-corrected chi connectivity index (χ1v) is 5.19. The zero-order valence-corrected chi connectivity index (χ0v) is 9.76. The average Bonchev–Trinajstić information content (AvgIpc) is 2.83. The Balaban J connectivity index is 2.64. The molecule has 100 valence electrons. The Morgan fingerprint density at radius 1 is 1.47 bits per heavy atom. The minimum atomic E-state index is -2.91. The molecular formula is C11H9F2N3O3. The Labute approximate surface area is 106 Å². The molecule has 0 aliphatic heterocycles. The fourth-order valence-corrected chi connectivity index (χ4v) is 1.70. The summed E-state index contributed by atoms with van der Waals surface area (Å²) in [6.07, 6.45) is -2.91. The summed E-state index contributed by atoms with van der Waals surface area (Å²) in [5.74, 6) is -0.156. The first-order chi connectivity index (χ1) is 9.04. The number of nitro groups is 1. The van der Waals surface area contributed by atoms with Crippen LogP contribution in [0.25, 0.3) is 11.1 Å². The van der Waals surface area contributed by atoms with Gasteiger partial charge in [-0.25, -0.2) is 8.78 Å². The van der Waals surface area contributed by atoms with Crippen LogP contribution in [0, 0.1) is 10.1 Å². The van der Waals surface area contributed by atoms with Crippen molar-refractivity contribution in [3.05, 3.63) is 40.1 Å². The lowest BCUT2D eigenvalue weighted by molar-refractivity contribution is -0.388. The van der Waals surface area contributed by atoms with Crippen LogP contribution in [0.2, 0.25) is 0 Å². The van der Waals surface area contributed by atoms with E-state index in [1.807, 2.05) is 5.10 Å². The minimum absolute atomic E-state index is 0.223. The lowest BCUT2D eigenvalue weighted by atomic mass is 10.1. The lowest BCUT2D eigenvalue weighted by Crippen LogP contribution is -1.93. The fraction of sp³-hybridized carbons (Fsp3) is 0.182. The van der Waals surface area contributed by atoms with Crippen LogP contribution in [0.1, 0.15) is 12.1 Å². The molecule has 1 N–H and O–H groups in total. The van der Waals surface area contributed by atoms with Gasteiger partial charge in [-0.3, -0.25) is 0 Å². The summed E-state index contributed by atoms with van der Waals surface area (Å²) in [7, 11) is 1.41. The van der Waals surface area contributed by atoms with Crippen LogP contribution in [0.4, 0.5) is 14.6 Å². The highest BCUT2D eigenvalue weighted by atomic mass is 19.3. The molecule has 2 rings (SSSR count). The smallest absolute Gasteiger partial charge is 0.351 e. The van der Waals surface area contributed by atoms with Crippen molar-refractivity contribution in [1.82, 2.24) is 10.2 Å². The van der Waals surface area contributed by atoms with E-state index in [0.29, 0.717) is 5.75 Å². The number of alkyl halides is 2. The molecule has 8 heteroatoms. The van der Waals surface area contributed by atoms with E-state index >= 15 is 0 Å². The zero-order chi connectivity index (χ0) is 14.0. The summed E-state index contributed by atoms with van der Waals surface area (Å²) in [5.41, 5.74) is -0.631. The maximum Gasteiger partial charge on any atom is 0.351 e. The van der Waals surface area contributed by atoms with Gasteiger partial charge in [0.25, 0.3) is 6.43 Å². The molecule has 0 aliphatic rings. The molecule has 6 nitrogen and oxygen atoms in total. The summed E-state index contributed by atoms with van der Waals surface area (Å²) in [6.45, 7) is 0. The lowest BCUT2D eigenvalue weighted by Gasteiger charge is -2.04. The number of aromatic nitrogens is 2. The third-order valence-corrected chi connectivity index (χ3v) is 2.52. The summed E-state index contributed by atoms with van der Waals surface area (Å²) in [4.78, 5) is 10.1. The number of nitrogens with one attached hydrogen (secondary N) is 1. The number of methoxy groups -OCH3 is 1. The van der Waals surface area contributed by atoms with Gasteiger partial charge >= 0.3 is 5.82 Å². The van der Waals surface area contributed by atoms with E-state index in [0.717, 1.165) is 0 Å². The Morgan fingerprint density at radius 2 is 2.21 bits per heavy atom. The monoisotopic (exact) mass is 269 g/mol. The van der Waals surface area contributed by atoms with Crippen LogP contribution in [-0.4, -0.2) is 22.2 Å². The van der Waals surface area contributed by atoms with Crippen LogP contribution in [-0.2, 0) is 0 Å². The van der Waals surface area contributed by atoms with Gasteiger partial charge in [0.2, 0.25) is 0 Å². The Morgan fingerprint density at radius 3 is 2.79 bits per heavy atom. The molecule has 1 aromatic carbocycles. The van der Waals surface area contributed by atoms with Gasteiger partial charge in [-0.2, -0.15) is 0 Å². The quantitative estimate of drug-likeness (QED) is 0.683. The normalized spacial score (nSPS) is 10.7. The number of benzene rings is 1. The van der Waals surface area contributed by atoms with E-state index in [9.17, 15) is 18.9 Å². The molecule has 1 heterocycles. The predicted molar refractivity (Wildman–Crippen MR) is 62.2 cm³/mol. The highest BCUT2D eigenvalue weighted by Gasteiger charge is 2.28. The van der Waals surface area contributed by atoms with Crippen LogP contribution in [0.3, 0.4) is 0 Å². The fourth-order valence-electron chi connectivity index (χ4n) is 1.70. The number of aromatic amines is 1. The molecule has 2 aromatic rings. The highest BCUT2D eigenvalue weighted by Crippen LogP contribution is 2.37. The second kappa shape index (κ2) is 5.01. The van der Waals surface area contributed by atoms with Crippen LogP contribution in [0.5, 0.6) is 5.75 Å². The van der Waals surface area contributed by atoms with Crippen molar-refractivity contribution < 1.29 is 18.4 Å². The molecule has 0 spiro atoms. The second-order valence-corrected chi connectivity index (χ2v) is 3.62. The van der Waals surface area contributed by atoms with E-state index in [4.69, 9.17) is 4.74 Å². The number of nitrogens with zero attached hydrogens (tertiary/aromatic N) is 2. The Hall–Kier alpha value is -2.51. The van der Waals surface area contributed by atoms with Gasteiger partial charge in [0.05, 0.1) is 7.11 Å². The molecule has 0 amide bonds. The van der Waals surface area contributed by atoms with Crippen molar-refractivity contribution >= 4 is 5.82 Å². The first-order valence-electron chi connectivity index (χ1n) is 5.19. The number of hydrogen-bond donors (Lipinski definition) is 1. The van der Waals surface area contributed by atoms with Gasteiger partial charge in [0.1, 0.15) is 11.3 Å². The second-order valence-electron chi connectivity index (χ2n) is 3.62. The number of H-pyrrole nitrogens is 1. The third kappa shape index (κ3) is 2.37. The van der Waals surface area contributed by atoms with E-state index in [1.165, 1.54) is 19.2 Å². The van der Waals surface area contributed by atoms with Crippen molar-refractivity contribution in [3.63, 3.8) is 0 Å². The van der Waals surface area contributed by atoms with Gasteiger partial charge in [0, 0.05) is 0 Å². The first kappa shape index (κ1) is 12.9. The van der Waals surface area contributed by atoms with Gasteiger partial charge in [0.15, 0.2) is 5.69 Å². The summed E-state index contributed by atoms with van der Waals surface area (Å²) in [6, 6.07) is 6.08. The molecule has 0 saturated heterocycles. The molecule has 0 aliphatic carbocycles. The van der Waals surface area contributed by atoms with E-state index in [2.05, 4.69) is 5.10 Å². The van der Waals surface area contributed by atoms with Crippen molar-refractivity contribution in [2.75, 3.05) is 7.11 Å². The van der Waals surface area contributed by atoms with Crippen molar-refractivity contribution in [3.8, 4) is 16.9 Å². The summed E-state index contributed by atoms with van der Waals surface area (Å²) < 4.78 is 30.6.